The Morgan fingerprint density at radius 1 is 0.980 bits per heavy atom. The Balaban J connectivity index is 0.000000417. The third kappa shape index (κ3) is 14.8. The van der Waals surface area contributed by atoms with Crippen LogP contribution in [0.4, 0.5) is 4.79 Å². The lowest BCUT2D eigenvalue weighted by atomic mass is 9.97. The molecule has 0 spiro atoms. The van der Waals surface area contributed by atoms with Crippen molar-refractivity contribution in [1.82, 2.24) is 20.0 Å². The Morgan fingerprint density at radius 2 is 1.67 bits per heavy atom. The number of aliphatic hydroxyl groups is 1. The topological polar surface area (TPSA) is 116 Å². The van der Waals surface area contributed by atoms with Gasteiger partial charge in [0.2, 0.25) is 5.88 Å². The van der Waals surface area contributed by atoms with Crippen LogP contribution in [0.3, 0.4) is 0 Å². The zero-order valence-electron chi connectivity index (χ0n) is 29.9. The van der Waals surface area contributed by atoms with Crippen molar-refractivity contribution in [2.24, 2.45) is 0 Å². The molecule has 2 unspecified atom stereocenters. The number of aromatic nitrogens is 2. The summed E-state index contributed by atoms with van der Waals surface area (Å²) >= 11 is 0. The summed E-state index contributed by atoms with van der Waals surface area (Å²) in [5, 5.41) is 17.8. The maximum Gasteiger partial charge on any atom is 0.410 e. The van der Waals surface area contributed by atoms with Crippen LogP contribution in [0.5, 0.6) is 11.6 Å². The van der Waals surface area contributed by atoms with Crippen molar-refractivity contribution in [3.63, 3.8) is 0 Å². The number of nitrogens with zero attached hydrogens (tertiary/aromatic N) is 4. The number of likely N-dealkylation sites (N-methyl/N-ethyl adjacent to an activating group) is 1. The van der Waals surface area contributed by atoms with Gasteiger partial charge in [0.05, 0.1) is 44.3 Å². The molecule has 49 heavy (non-hydrogen) atoms. The standard InChI is InChI=1S/C26H37N3O3.C10H19NO4.2ClH/c1-3-4-10-25-24(17-26(28-27-25)31-19-23-18-29(2)15-16-30-23)20-11-13-22(14-12-20)32-21-8-6-5-7-9-21;1-10(2,3)15-9(13)11-4-5-14-8(6-11)7-12;;/h11-14,17,21,23H,3-10,15-16,18-19H2,1-2H3;8,12H,4-7H2,1-3H3;2*1H. The highest BCUT2D eigenvalue weighted by Gasteiger charge is 2.27. The summed E-state index contributed by atoms with van der Waals surface area (Å²) in [6.07, 6.45) is 9.14. The zero-order chi connectivity index (χ0) is 33.6. The molecule has 0 bridgehead atoms. The molecule has 0 radical (unpaired) electrons. The number of morpholine rings is 2. The molecule has 2 aromatic rings. The molecule has 5 rings (SSSR count). The number of hydrogen-bond donors (Lipinski definition) is 1. The number of carbonyl (C=O) groups excluding carboxylic acids is 1. The molecule has 2 saturated heterocycles. The van der Waals surface area contributed by atoms with E-state index in [9.17, 15) is 4.79 Å². The molecule has 1 aromatic carbocycles. The van der Waals surface area contributed by atoms with Crippen LogP contribution in [0.1, 0.15) is 78.3 Å². The summed E-state index contributed by atoms with van der Waals surface area (Å²) in [6, 6.07) is 10.5. The van der Waals surface area contributed by atoms with Crippen molar-refractivity contribution in [3.8, 4) is 22.8 Å². The number of rotatable bonds is 10. The minimum atomic E-state index is -0.482. The van der Waals surface area contributed by atoms with Crippen molar-refractivity contribution >= 4 is 30.9 Å². The summed E-state index contributed by atoms with van der Waals surface area (Å²) < 4.78 is 28.5. The molecule has 1 N–H and O–H groups in total. The molecule has 1 aromatic heterocycles. The molecular formula is C36H58Cl2N4O7. The minimum absolute atomic E-state index is 0. The van der Waals surface area contributed by atoms with E-state index in [1.54, 1.807) is 4.90 Å². The van der Waals surface area contributed by atoms with E-state index in [1.807, 2.05) is 26.8 Å². The molecule has 3 fully saturated rings. The van der Waals surface area contributed by atoms with E-state index in [-0.39, 0.29) is 49.7 Å². The maximum atomic E-state index is 11.6. The molecule has 278 valence electrons. The van der Waals surface area contributed by atoms with Crippen LogP contribution >= 0.6 is 24.8 Å². The third-order valence-corrected chi connectivity index (χ3v) is 8.39. The number of benzene rings is 1. The highest BCUT2D eigenvalue weighted by molar-refractivity contribution is 5.85. The second-order valence-corrected chi connectivity index (χ2v) is 13.7. The van der Waals surface area contributed by atoms with Gasteiger partial charge in [-0.25, -0.2) is 4.79 Å². The number of carbonyl (C=O) groups is 1. The highest BCUT2D eigenvalue weighted by atomic mass is 35.5. The lowest BCUT2D eigenvalue weighted by Crippen LogP contribution is -2.48. The van der Waals surface area contributed by atoms with Crippen LogP contribution in [0, 0.1) is 0 Å². The number of hydrogen-bond acceptors (Lipinski definition) is 10. The van der Waals surface area contributed by atoms with Gasteiger partial charge < -0.3 is 38.6 Å². The quantitative estimate of drug-likeness (QED) is 0.296. The molecule has 1 amide bonds. The molecule has 3 heterocycles. The van der Waals surface area contributed by atoms with Gasteiger partial charge in [-0.2, -0.15) is 5.10 Å². The molecule has 3 aliphatic rings. The number of halogens is 2. The predicted molar refractivity (Wildman–Crippen MR) is 195 cm³/mol. The Bertz CT molecular complexity index is 1230. The minimum Gasteiger partial charge on any atom is -0.490 e. The molecule has 2 atom stereocenters. The van der Waals surface area contributed by atoms with E-state index in [1.165, 1.54) is 32.1 Å². The number of amides is 1. The van der Waals surface area contributed by atoms with Crippen molar-refractivity contribution in [2.75, 3.05) is 59.7 Å². The van der Waals surface area contributed by atoms with Crippen molar-refractivity contribution in [1.29, 1.82) is 0 Å². The van der Waals surface area contributed by atoms with Gasteiger partial charge in [0.25, 0.3) is 0 Å². The lowest BCUT2D eigenvalue weighted by Gasteiger charge is -2.33. The first kappa shape index (κ1) is 42.8. The first-order valence-electron chi connectivity index (χ1n) is 17.4. The van der Waals surface area contributed by atoms with Crippen LogP contribution in [0.15, 0.2) is 30.3 Å². The fourth-order valence-electron chi connectivity index (χ4n) is 5.81. The van der Waals surface area contributed by atoms with Crippen LogP contribution < -0.4 is 9.47 Å². The Kier molecular flexibility index (Phi) is 19.0. The normalized spacial score (nSPS) is 20.2. The van der Waals surface area contributed by atoms with E-state index >= 15 is 0 Å². The van der Waals surface area contributed by atoms with Gasteiger partial charge in [0.1, 0.15) is 24.1 Å². The second kappa shape index (κ2) is 21.7. The first-order chi connectivity index (χ1) is 22.6. The number of ether oxygens (including phenoxy) is 5. The van der Waals surface area contributed by atoms with Gasteiger partial charge in [0, 0.05) is 31.3 Å². The smallest absolute Gasteiger partial charge is 0.410 e. The fraction of sp³-hybridized carbons (Fsp3) is 0.694. The SMILES string of the molecule is CC(C)(C)OC(=O)N1CCOC(CO)C1.CCCCc1nnc(OCC2CN(C)CCO2)cc1-c1ccc(OC2CCCCC2)cc1.Cl.Cl. The van der Waals surface area contributed by atoms with Crippen LogP contribution in [0.25, 0.3) is 11.1 Å². The maximum absolute atomic E-state index is 11.6. The van der Waals surface area contributed by atoms with Gasteiger partial charge in [-0.1, -0.05) is 31.9 Å². The molecule has 1 aliphatic carbocycles. The Morgan fingerprint density at radius 3 is 2.33 bits per heavy atom. The number of aliphatic hydroxyl groups excluding tert-OH is 1. The van der Waals surface area contributed by atoms with Crippen molar-refractivity contribution in [2.45, 2.75) is 103 Å². The number of unbranched alkanes of at least 4 members (excludes halogenated alkanes) is 1. The Hall–Kier alpha value is -2.41. The summed E-state index contributed by atoms with van der Waals surface area (Å²) in [5.74, 6) is 1.51. The van der Waals surface area contributed by atoms with Crippen LogP contribution in [-0.4, -0.2) is 115 Å². The van der Waals surface area contributed by atoms with Gasteiger partial charge in [-0.3, -0.25) is 0 Å². The summed E-state index contributed by atoms with van der Waals surface area (Å²) in [4.78, 5) is 15.5. The predicted octanol–water partition coefficient (Wildman–Crippen LogP) is 6.37. The molecule has 13 heteroatoms. The third-order valence-electron chi connectivity index (χ3n) is 8.39. The van der Waals surface area contributed by atoms with E-state index in [4.69, 9.17) is 28.8 Å². The average molecular weight is 730 g/mol. The monoisotopic (exact) mass is 728 g/mol. The first-order valence-corrected chi connectivity index (χ1v) is 17.4. The average Bonchev–Trinajstić information content (AvgIpc) is 3.07. The van der Waals surface area contributed by atoms with Crippen LogP contribution in [0.2, 0.25) is 0 Å². The van der Waals surface area contributed by atoms with E-state index < -0.39 is 5.60 Å². The van der Waals surface area contributed by atoms with E-state index in [0.29, 0.717) is 38.3 Å². The lowest BCUT2D eigenvalue weighted by molar-refractivity contribution is -0.0593. The van der Waals surface area contributed by atoms with Gasteiger partial charge in [-0.15, -0.1) is 29.9 Å². The molecular weight excluding hydrogens is 671 g/mol. The van der Waals surface area contributed by atoms with E-state index in [0.717, 1.165) is 61.5 Å². The summed E-state index contributed by atoms with van der Waals surface area (Å²) in [6.45, 7) is 12.0. The number of aryl methyl sites for hydroxylation is 1. The summed E-state index contributed by atoms with van der Waals surface area (Å²) in [5.41, 5.74) is 2.76. The molecule has 11 nitrogen and oxygen atoms in total. The van der Waals surface area contributed by atoms with Gasteiger partial charge >= 0.3 is 6.09 Å². The van der Waals surface area contributed by atoms with Gasteiger partial charge in [0.15, 0.2) is 0 Å². The molecule has 2 aliphatic heterocycles. The zero-order valence-corrected chi connectivity index (χ0v) is 31.6. The van der Waals surface area contributed by atoms with Crippen molar-refractivity contribution < 1.29 is 33.6 Å². The largest absolute Gasteiger partial charge is 0.490 e. The van der Waals surface area contributed by atoms with Crippen LogP contribution in [-0.2, 0) is 20.6 Å². The fourth-order valence-corrected chi connectivity index (χ4v) is 5.81. The highest BCUT2D eigenvalue weighted by Crippen LogP contribution is 2.30. The van der Waals surface area contributed by atoms with Gasteiger partial charge in [-0.05, 0) is 84.0 Å². The van der Waals surface area contributed by atoms with E-state index in [2.05, 4.69) is 53.3 Å². The second-order valence-electron chi connectivity index (χ2n) is 13.7. The summed E-state index contributed by atoms with van der Waals surface area (Å²) in [7, 11) is 2.11. The molecule has 1 saturated carbocycles. The van der Waals surface area contributed by atoms with Crippen molar-refractivity contribution in [3.05, 3.63) is 36.0 Å². The Labute approximate surface area is 305 Å².